The lowest BCUT2D eigenvalue weighted by molar-refractivity contribution is 0.344. The molecule has 0 saturated heterocycles. The van der Waals surface area contributed by atoms with Crippen LogP contribution in [0.1, 0.15) is 57.7 Å². The molecule has 0 fully saturated rings. The van der Waals surface area contributed by atoms with Crippen LogP contribution in [0, 0.1) is 5.41 Å². The fourth-order valence-electron chi connectivity index (χ4n) is 2.55. The van der Waals surface area contributed by atoms with Crippen molar-refractivity contribution in [2.45, 2.75) is 66.5 Å². The normalized spacial score (nSPS) is 15.8. The van der Waals surface area contributed by atoms with Crippen molar-refractivity contribution in [3.8, 4) is 0 Å². The predicted molar refractivity (Wildman–Crippen MR) is 75.7 cm³/mol. The van der Waals surface area contributed by atoms with Crippen LogP contribution in [-0.4, -0.2) is 16.1 Å². The third-order valence-electron chi connectivity index (χ3n) is 3.62. The number of fused-ring (bicyclic) bond motifs is 1. The van der Waals surface area contributed by atoms with Crippen molar-refractivity contribution in [1.29, 1.82) is 0 Å². The van der Waals surface area contributed by atoms with Crippen LogP contribution < -0.4 is 5.32 Å². The summed E-state index contributed by atoms with van der Waals surface area (Å²) < 4.78 is 2.50. The molecule has 18 heavy (non-hydrogen) atoms. The quantitative estimate of drug-likeness (QED) is 0.889. The van der Waals surface area contributed by atoms with Gasteiger partial charge in [0, 0.05) is 38.2 Å². The Labute approximate surface area is 111 Å². The van der Waals surface area contributed by atoms with E-state index in [9.17, 15) is 0 Å². The summed E-state index contributed by atoms with van der Waals surface area (Å²) in [6.07, 6.45) is 4.64. The van der Waals surface area contributed by atoms with Crippen LogP contribution in [0.2, 0.25) is 0 Å². The van der Waals surface area contributed by atoms with E-state index in [0.29, 0.717) is 5.41 Å². The SMILES string of the molecule is CCCc1nc2c(n1CCC(C)(C)C)CCNC2. The second kappa shape index (κ2) is 5.43. The van der Waals surface area contributed by atoms with Gasteiger partial charge in [-0.3, -0.25) is 0 Å². The summed E-state index contributed by atoms with van der Waals surface area (Å²) in [5.41, 5.74) is 3.17. The maximum atomic E-state index is 4.84. The molecule has 3 nitrogen and oxygen atoms in total. The molecule has 1 aromatic rings. The predicted octanol–water partition coefficient (Wildman–Crippen LogP) is 2.92. The van der Waals surface area contributed by atoms with E-state index < -0.39 is 0 Å². The number of hydrogen-bond donors (Lipinski definition) is 1. The molecule has 102 valence electrons. The summed E-state index contributed by atoms with van der Waals surface area (Å²) in [5.74, 6) is 1.30. The minimum atomic E-state index is 0.396. The van der Waals surface area contributed by atoms with Crippen LogP contribution in [0.3, 0.4) is 0 Å². The Bertz CT molecular complexity index is 399. The third-order valence-corrected chi connectivity index (χ3v) is 3.62. The lowest BCUT2D eigenvalue weighted by Gasteiger charge is -2.21. The fourth-order valence-corrected chi connectivity index (χ4v) is 2.55. The van der Waals surface area contributed by atoms with Crippen LogP contribution in [0.15, 0.2) is 0 Å². The van der Waals surface area contributed by atoms with Gasteiger partial charge < -0.3 is 9.88 Å². The maximum Gasteiger partial charge on any atom is 0.109 e. The lowest BCUT2D eigenvalue weighted by atomic mass is 9.92. The highest BCUT2D eigenvalue weighted by Crippen LogP contribution is 2.23. The summed E-state index contributed by atoms with van der Waals surface area (Å²) in [4.78, 5) is 4.84. The van der Waals surface area contributed by atoms with Gasteiger partial charge in [-0.25, -0.2) is 4.98 Å². The zero-order valence-electron chi connectivity index (χ0n) is 12.3. The highest BCUT2D eigenvalue weighted by molar-refractivity contribution is 5.20. The molecule has 1 aromatic heterocycles. The van der Waals surface area contributed by atoms with Gasteiger partial charge in [-0.1, -0.05) is 27.7 Å². The van der Waals surface area contributed by atoms with E-state index in [4.69, 9.17) is 4.98 Å². The van der Waals surface area contributed by atoms with Crippen LogP contribution in [0.4, 0.5) is 0 Å². The number of nitrogens with one attached hydrogen (secondary N) is 1. The van der Waals surface area contributed by atoms with Crippen molar-refractivity contribution in [1.82, 2.24) is 14.9 Å². The van der Waals surface area contributed by atoms with Gasteiger partial charge in [0.25, 0.3) is 0 Å². The Kier molecular flexibility index (Phi) is 4.10. The first kappa shape index (κ1) is 13.6. The molecule has 1 N–H and O–H groups in total. The highest BCUT2D eigenvalue weighted by atomic mass is 15.1. The topological polar surface area (TPSA) is 29.9 Å². The Balaban J connectivity index is 2.22. The molecule has 0 unspecified atom stereocenters. The number of nitrogens with zero attached hydrogens (tertiary/aromatic N) is 2. The van der Waals surface area contributed by atoms with Gasteiger partial charge in [-0.05, 0) is 18.3 Å². The van der Waals surface area contributed by atoms with E-state index >= 15 is 0 Å². The number of aryl methyl sites for hydroxylation is 1. The molecule has 0 aromatic carbocycles. The minimum Gasteiger partial charge on any atom is -0.332 e. The largest absolute Gasteiger partial charge is 0.332 e. The third kappa shape index (κ3) is 3.14. The Hall–Kier alpha value is -0.830. The zero-order valence-corrected chi connectivity index (χ0v) is 12.3. The van der Waals surface area contributed by atoms with Crippen molar-refractivity contribution in [3.05, 3.63) is 17.2 Å². The van der Waals surface area contributed by atoms with E-state index in [0.717, 1.165) is 32.5 Å². The van der Waals surface area contributed by atoms with E-state index in [-0.39, 0.29) is 0 Å². The van der Waals surface area contributed by atoms with E-state index in [1.807, 2.05) is 0 Å². The van der Waals surface area contributed by atoms with Crippen molar-refractivity contribution in [3.63, 3.8) is 0 Å². The first-order valence-corrected chi connectivity index (χ1v) is 7.29. The molecule has 1 aliphatic rings. The van der Waals surface area contributed by atoms with Crippen molar-refractivity contribution < 1.29 is 0 Å². The maximum absolute atomic E-state index is 4.84. The summed E-state index contributed by atoms with van der Waals surface area (Å²) in [5, 5.41) is 3.42. The molecule has 0 saturated carbocycles. The fraction of sp³-hybridized carbons (Fsp3) is 0.800. The van der Waals surface area contributed by atoms with E-state index in [1.54, 1.807) is 0 Å². The molecule has 0 spiro atoms. The smallest absolute Gasteiger partial charge is 0.109 e. The van der Waals surface area contributed by atoms with Crippen molar-refractivity contribution in [2.24, 2.45) is 5.41 Å². The molecular weight excluding hydrogens is 222 g/mol. The van der Waals surface area contributed by atoms with Gasteiger partial charge in [-0.2, -0.15) is 0 Å². The second-order valence-corrected chi connectivity index (χ2v) is 6.56. The molecule has 3 heteroatoms. The molecule has 2 rings (SSSR count). The summed E-state index contributed by atoms with van der Waals surface area (Å²) in [6, 6.07) is 0. The van der Waals surface area contributed by atoms with Gasteiger partial charge in [0.2, 0.25) is 0 Å². The molecule has 0 radical (unpaired) electrons. The zero-order chi connectivity index (χ0) is 13.2. The number of aromatic nitrogens is 2. The first-order valence-electron chi connectivity index (χ1n) is 7.29. The first-order chi connectivity index (χ1) is 8.51. The Morgan fingerprint density at radius 2 is 2.11 bits per heavy atom. The Morgan fingerprint density at radius 1 is 1.33 bits per heavy atom. The summed E-state index contributed by atoms with van der Waals surface area (Å²) in [7, 11) is 0. The number of imidazole rings is 1. The average molecular weight is 249 g/mol. The molecule has 1 aliphatic heterocycles. The summed E-state index contributed by atoms with van der Waals surface area (Å²) in [6.45, 7) is 12.4. The summed E-state index contributed by atoms with van der Waals surface area (Å²) >= 11 is 0. The number of rotatable bonds is 4. The van der Waals surface area contributed by atoms with Crippen molar-refractivity contribution >= 4 is 0 Å². The van der Waals surface area contributed by atoms with Crippen LogP contribution in [-0.2, 0) is 25.9 Å². The number of hydrogen-bond acceptors (Lipinski definition) is 2. The average Bonchev–Trinajstić information content (AvgIpc) is 2.63. The molecule has 0 aliphatic carbocycles. The van der Waals surface area contributed by atoms with E-state index in [2.05, 4.69) is 37.6 Å². The van der Waals surface area contributed by atoms with Gasteiger partial charge >= 0.3 is 0 Å². The van der Waals surface area contributed by atoms with Crippen LogP contribution in [0.25, 0.3) is 0 Å². The lowest BCUT2D eigenvalue weighted by Crippen LogP contribution is -2.25. The minimum absolute atomic E-state index is 0.396. The Morgan fingerprint density at radius 3 is 2.78 bits per heavy atom. The standard InChI is InChI=1S/C15H27N3/c1-5-6-14-17-12-11-16-9-7-13(12)18(14)10-8-15(2,3)4/h16H,5-11H2,1-4H3. The molecule has 0 atom stereocenters. The van der Waals surface area contributed by atoms with Gasteiger partial charge in [0.1, 0.15) is 5.82 Å². The molecular formula is C15H27N3. The van der Waals surface area contributed by atoms with Crippen molar-refractivity contribution in [2.75, 3.05) is 6.54 Å². The van der Waals surface area contributed by atoms with Gasteiger partial charge in [-0.15, -0.1) is 0 Å². The van der Waals surface area contributed by atoms with Gasteiger partial charge in [0.05, 0.1) is 5.69 Å². The van der Waals surface area contributed by atoms with E-state index in [1.165, 1.54) is 30.1 Å². The van der Waals surface area contributed by atoms with Crippen LogP contribution in [0.5, 0.6) is 0 Å². The molecule has 0 amide bonds. The molecule has 0 bridgehead atoms. The van der Waals surface area contributed by atoms with Gasteiger partial charge in [0.15, 0.2) is 0 Å². The molecule has 2 heterocycles. The second-order valence-electron chi connectivity index (χ2n) is 6.56. The monoisotopic (exact) mass is 249 g/mol. The van der Waals surface area contributed by atoms with Crippen LogP contribution >= 0.6 is 0 Å². The highest BCUT2D eigenvalue weighted by Gasteiger charge is 2.20.